The van der Waals surface area contributed by atoms with Crippen LogP contribution >= 0.6 is 23.2 Å². The summed E-state index contributed by atoms with van der Waals surface area (Å²) in [6, 6.07) is 14.6. The van der Waals surface area contributed by atoms with E-state index >= 15 is 0 Å². The number of hydrogen-bond acceptors (Lipinski definition) is 11. The molecule has 6 rings (SSSR count). The van der Waals surface area contributed by atoms with Crippen LogP contribution in [0.3, 0.4) is 0 Å². The molecule has 0 saturated carbocycles. The van der Waals surface area contributed by atoms with Gasteiger partial charge < -0.3 is 37.0 Å². The van der Waals surface area contributed by atoms with Crippen molar-refractivity contribution in [2.75, 3.05) is 23.8 Å². The molecule has 6 aromatic rings. The van der Waals surface area contributed by atoms with Crippen molar-refractivity contribution >= 4 is 69.0 Å². The lowest BCUT2D eigenvalue weighted by Crippen LogP contribution is -2.37. The molecule has 0 spiro atoms. The lowest BCUT2D eigenvalue weighted by atomic mass is 10.0. The quantitative estimate of drug-likeness (QED) is 0.0513. The molecule has 0 unspecified atom stereocenters. The van der Waals surface area contributed by atoms with Gasteiger partial charge in [0.05, 0.1) is 47.6 Å². The Hall–Kier alpha value is -6.62. The summed E-state index contributed by atoms with van der Waals surface area (Å²) in [5.41, 5.74) is 11.6. The average Bonchev–Trinajstić information content (AvgIpc) is 3.29. The molecule has 4 heterocycles. The number of amides is 1. The molecular weight excluding hydrogens is 877 g/mol. The van der Waals surface area contributed by atoms with Gasteiger partial charge in [0, 0.05) is 86.9 Å². The van der Waals surface area contributed by atoms with Crippen LogP contribution in [-0.2, 0) is 0 Å². The van der Waals surface area contributed by atoms with E-state index in [1.807, 2.05) is 20.8 Å². The summed E-state index contributed by atoms with van der Waals surface area (Å²) in [7, 11) is 0. The van der Waals surface area contributed by atoms with Gasteiger partial charge in [-0.1, -0.05) is 50.2 Å². The number of carboxylic acid groups (broad SMARTS) is 1. The molecule has 340 valence electrons. The lowest BCUT2D eigenvalue weighted by Gasteiger charge is -2.18. The summed E-state index contributed by atoms with van der Waals surface area (Å²) in [6.45, 7) is 15.3. The van der Waals surface area contributed by atoms with Gasteiger partial charge in [0.25, 0.3) is 5.91 Å². The summed E-state index contributed by atoms with van der Waals surface area (Å²) in [6.07, 6.45) is 10.3. The van der Waals surface area contributed by atoms with E-state index in [4.69, 9.17) is 34.0 Å². The SMILES string of the molecule is C=C(C)c1cnc(-c2cc(Cl)ccc2F)cc1Nc1ccncc1C(=O)N[C@@H](CC)CO.C=C(C)c1cnc(-c2cc(Cl)ccc2F)cc1Nc1ccncc1C(=O)O.CC[C@H](N)CO. The van der Waals surface area contributed by atoms with Crippen LogP contribution in [0.2, 0.25) is 10.0 Å². The Bertz CT molecular complexity index is 2640. The van der Waals surface area contributed by atoms with Crippen LogP contribution in [0.4, 0.5) is 31.5 Å². The number of carbonyl (C=O) groups excluding carboxylic acids is 1. The number of aliphatic hydroxyl groups is 2. The fraction of sp³-hybridized carbons (Fsp3) is 0.208. The van der Waals surface area contributed by atoms with Gasteiger partial charge in [-0.15, -0.1) is 0 Å². The number of nitrogens with two attached hydrogens (primary N) is 1. The third-order valence-corrected chi connectivity index (χ3v) is 10.1. The van der Waals surface area contributed by atoms with Gasteiger partial charge in [0.2, 0.25) is 0 Å². The highest BCUT2D eigenvalue weighted by atomic mass is 35.5. The van der Waals surface area contributed by atoms with Crippen molar-refractivity contribution in [3.8, 4) is 22.5 Å². The Labute approximate surface area is 386 Å². The summed E-state index contributed by atoms with van der Waals surface area (Å²) < 4.78 is 28.6. The van der Waals surface area contributed by atoms with Crippen molar-refractivity contribution in [2.24, 2.45) is 5.73 Å². The zero-order valence-corrected chi connectivity index (χ0v) is 37.7. The van der Waals surface area contributed by atoms with Gasteiger partial charge in [-0.05, 0) is 98.5 Å². The Morgan fingerprint density at radius 3 is 1.52 bits per heavy atom. The van der Waals surface area contributed by atoms with E-state index < -0.39 is 17.6 Å². The fourth-order valence-corrected chi connectivity index (χ4v) is 6.14. The minimum absolute atomic E-state index is 0.00926. The van der Waals surface area contributed by atoms with E-state index in [-0.39, 0.29) is 47.9 Å². The van der Waals surface area contributed by atoms with Crippen molar-refractivity contribution in [1.29, 1.82) is 0 Å². The highest BCUT2D eigenvalue weighted by molar-refractivity contribution is 6.31. The molecular formula is C48H50Cl2F2N8O5. The Balaban J connectivity index is 0.000000255. The second-order valence-corrected chi connectivity index (χ2v) is 15.4. The second kappa shape index (κ2) is 24.4. The van der Waals surface area contributed by atoms with Gasteiger partial charge in [0.1, 0.15) is 17.2 Å². The molecule has 0 saturated heterocycles. The number of carboxylic acids is 1. The summed E-state index contributed by atoms with van der Waals surface area (Å²) in [5.74, 6) is -2.39. The van der Waals surface area contributed by atoms with Gasteiger partial charge >= 0.3 is 5.97 Å². The molecule has 0 fully saturated rings. The van der Waals surface area contributed by atoms with Crippen molar-refractivity contribution in [3.63, 3.8) is 0 Å². The highest BCUT2D eigenvalue weighted by Crippen LogP contribution is 2.34. The molecule has 17 heteroatoms. The van der Waals surface area contributed by atoms with Crippen molar-refractivity contribution in [3.05, 3.63) is 155 Å². The number of aliphatic hydroxyl groups excluding tert-OH is 2. The first kappa shape index (κ1) is 51.0. The van der Waals surface area contributed by atoms with Crippen LogP contribution in [0.15, 0.2) is 111 Å². The average molecular weight is 928 g/mol. The maximum atomic E-state index is 14.4. The number of nitrogens with zero attached hydrogens (tertiary/aromatic N) is 4. The normalized spacial score (nSPS) is 11.4. The van der Waals surface area contributed by atoms with E-state index in [0.29, 0.717) is 72.9 Å². The first-order valence-electron chi connectivity index (χ1n) is 20.2. The van der Waals surface area contributed by atoms with Crippen molar-refractivity contribution in [1.82, 2.24) is 25.3 Å². The molecule has 0 radical (unpaired) electrons. The van der Waals surface area contributed by atoms with Gasteiger partial charge in [0.15, 0.2) is 0 Å². The van der Waals surface area contributed by atoms with Crippen LogP contribution in [0.1, 0.15) is 72.4 Å². The third kappa shape index (κ3) is 14.2. The molecule has 1 amide bonds. The molecule has 0 aliphatic rings. The molecule has 2 aromatic carbocycles. The smallest absolute Gasteiger partial charge is 0.339 e. The zero-order valence-electron chi connectivity index (χ0n) is 36.2. The first-order valence-corrected chi connectivity index (χ1v) is 20.9. The number of halogens is 4. The molecule has 2 atom stereocenters. The third-order valence-electron chi connectivity index (χ3n) is 9.60. The van der Waals surface area contributed by atoms with E-state index in [0.717, 1.165) is 12.0 Å². The van der Waals surface area contributed by atoms with Crippen LogP contribution in [0.25, 0.3) is 33.7 Å². The molecule has 13 nitrogen and oxygen atoms in total. The van der Waals surface area contributed by atoms with Gasteiger partial charge in [-0.3, -0.25) is 24.7 Å². The molecule has 65 heavy (non-hydrogen) atoms. The number of pyridine rings is 4. The number of anilines is 4. The van der Waals surface area contributed by atoms with Gasteiger partial charge in [-0.2, -0.15) is 0 Å². The Morgan fingerprint density at radius 1 is 0.677 bits per heavy atom. The monoisotopic (exact) mass is 926 g/mol. The number of aromatic nitrogens is 4. The number of aromatic carboxylic acids is 1. The van der Waals surface area contributed by atoms with Crippen LogP contribution in [0.5, 0.6) is 0 Å². The number of rotatable bonds is 15. The fourth-order valence-electron chi connectivity index (χ4n) is 5.80. The number of allylic oxidation sites excluding steroid dienone is 2. The molecule has 0 aliphatic heterocycles. The van der Waals surface area contributed by atoms with E-state index in [1.165, 1.54) is 55.0 Å². The molecule has 0 bridgehead atoms. The first-order chi connectivity index (χ1) is 31.0. The predicted molar refractivity (Wildman–Crippen MR) is 255 cm³/mol. The topological polar surface area (TPSA) is 208 Å². The summed E-state index contributed by atoms with van der Waals surface area (Å²) in [4.78, 5) is 40.8. The number of carbonyl (C=O) groups is 2. The largest absolute Gasteiger partial charge is 0.478 e. The number of hydrogen-bond donors (Lipinski definition) is 7. The lowest BCUT2D eigenvalue weighted by molar-refractivity contribution is 0.0697. The maximum absolute atomic E-state index is 14.4. The zero-order chi connectivity index (χ0) is 47.8. The number of benzene rings is 2. The van der Waals surface area contributed by atoms with E-state index in [9.17, 15) is 28.6 Å². The minimum Gasteiger partial charge on any atom is -0.478 e. The Kier molecular flexibility index (Phi) is 19.2. The van der Waals surface area contributed by atoms with Crippen LogP contribution < -0.4 is 21.7 Å². The molecule has 8 N–H and O–H groups in total. The van der Waals surface area contributed by atoms with Crippen LogP contribution in [0, 0.1) is 11.6 Å². The highest BCUT2D eigenvalue weighted by Gasteiger charge is 2.19. The summed E-state index contributed by atoms with van der Waals surface area (Å²) >= 11 is 12.0. The van der Waals surface area contributed by atoms with E-state index in [2.05, 4.69) is 49.0 Å². The second-order valence-electron chi connectivity index (χ2n) is 14.5. The maximum Gasteiger partial charge on any atom is 0.339 e. The standard InChI is InChI=1S/C24H24ClFN4O2.C20H15ClFN3O2.C4H11NO/c1-4-16(13-31)29-24(32)19-11-27-8-7-21(19)30-23-10-22(28-12-18(23)14(2)3)17-9-15(25)5-6-20(17)26;1-11(2)14-10-24-18(13-7-12(21)3-4-16(13)22)8-19(14)25-17-5-6-23-9-15(17)20(26)27;1-2-4(5)3-6/h5-12,16,31H,2,4,13H2,1,3H3,(H,29,32)(H,27,28,30);3-10H,1H2,2H3,(H,26,27)(H,23,24,25);4,6H,2-3,5H2,1H3/t16-;;4-/m0.0/s1. The van der Waals surface area contributed by atoms with Crippen molar-refractivity contribution < 1.29 is 33.7 Å². The Morgan fingerprint density at radius 2 is 1.14 bits per heavy atom. The van der Waals surface area contributed by atoms with Gasteiger partial charge in [-0.25, -0.2) is 13.6 Å². The van der Waals surface area contributed by atoms with E-state index in [1.54, 1.807) is 49.8 Å². The molecule has 4 aromatic heterocycles. The minimum atomic E-state index is -1.11. The summed E-state index contributed by atoms with van der Waals surface area (Å²) in [5, 5.41) is 36.8. The van der Waals surface area contributed by atoms with Crippen molar-refractivity contribution in [2.45, 2.75) is 52.6 Å². The number of nitrogens with one attached hydrogen (secondary N) is 3. The predicted octanol–water partition coefficient (Wildman–Crippen LogP) is 10.3. The molecule has 0 aliphatic carbocycles. The van der Waals surface area contributed by atoms with Crippen LogP contribution in [-0.4, -0.2) is 72.4 Å².